The Balaban J connectivity index is 1.50. The fourth-order valence-electron chi connectivity index (χ4n) is 7.13. The fourth-order valence-corrected chi connectivity index (χ4v) is 7.13. The van der Waals surface area contributed by atoms with Crippen molar-refractivity contribution in [3.05, 3.63) is 106 Å². The van der Waals surface area contributed by atoms with Crippen LogP contribution in [0.3, 0.4) is 0 Å². The highest BCUT2D eigenvalue weighted by atomic mass is 15.2. The molecule has 1 nitrogen and oxygen atoms in total. The minimum absolute atomic E-state index is 0.0212. The maximum atomic E-state index is 2.60. The highest BCUT2D eigenvalue weighted by Crippen LogP contribution is 2.45. The van der Waals surface area contributed by atoms with Gasteiger partial charge >= 0.3 is 0 Å². The Hall–Kier alpha value is -3.26. The van der Waals surface area contributed by atoms with Crippen molar-refractivity contribution in [2.24, 2.45) is 0 Å². The molecule has 2 heteroatoms. The minimum Gasteiger partial charge on any atom is -0.311 e. The fraction of sp³-hybridized carbons (Fsp3) is 0.250. The van der Waals surface area contributed by atoms with E-state index in [0.717, 1.165) is 0 Å². The highest BCUT2D eigenvalue weighted by Gasteiger charge is 2.46. The Morgan fingerprint density at radius 3 is 2.18 bits per heavy atom. The van der Waals surface area contributed by atoms with Crippen molar-refractivity contribution in [2.45, 2.75) is 51.9 Å². The van der Waals surface area contributed by atoms with Gasteiger partial charge < -0.3 is 4.90 Å². The van der Waals surface area contributed by atoms with Crippen LogP contribution in [-0.2, 0) is 31.1 Å². The van der Waals surface area contributed by atoms with E-state index in [1.54, 1.807) is 5.56 Å². The maximum absolute atomic E-state index is 2.60. The van der Waals surface area contributed by atoms with E-state index < -0.39 is 0 Å². The Morgan fingerprint density at radius 1 is 0.676 bits per heavy atom. The van der Waals surface area contributed by atoms with Crippen LogP contribution < -0.4 is 21.3 Å². The van der Waals surface area contributed by atoms with Crippen molar-refractivity contribution in [3.8, 4) is 0 Å². The van der Waals surface area contributed by atoms with E-state index in [9.17, 15) is 0 Å². The zero-order valence-electron chi connectivity index (χ0n) is 20.2. The molecule has 0 unspecified atom stereocenters. The molecule has 0 amide bonds. The Labute approximate surface area is 202 Å². The second-order valence-corrected chi connectivity index (χ2v) is 11.4. The lowest BCUT2D eigenvalue weighted by Crippen LogP contribution is -2.64. The third kappa shape index (κ3) is 2.27. The van der Waals surface area contributed by atoms with Crippen molar-refractivity contribution in [2.75, 3.05) is 4.90 Å². The smallest absolute Gasteiger partial charge is 0.247 e. The lowest BCUT2D eigenvalue weighted by atomic mass is 9.30. The van der Waals surface area contributed by atoms with Crippen LogP contribution in [0.25, 0.3) is 0 Å². The lowest BCUT2D eigenvalue weighted by Gasteiger charge is -2.46. The topological polar surface area (TPSA) is 3.24 Å². The summed E-state index contributed by atoms with van der Waals surface area (Å²) in [5, 5.41) is 0. The van der Waals surface area contributed by atoms with Crippen LogP contribution in [0.1, 0.15) is 52.8 Å². The summed E-state index contributed by atoms with van der Waals surface area (Å²) in [5.41, 5.74) is 19.0. The first-order valence-electron chi connectivity index (χ1n) is 12.8. The molecule has 0 spiro atoms. The van der Waals surface area contributed by atoms with E-state index >= 15 is 0 Å². The molecular formula is C32H28BN. The molecule has 4 aromatic rings. The molecule has 0 atom stereocenters. The molecule has 4 aliphatic rings. The van der Waals surface area contributed by atoms with Crippen LogP contribution >= 0.6 is 0 Å². The molecule has 0 bridgehead atoms. The quantitative estimate of drug-likeness (QED) is 0.329. The summed E-state index contributed by atoms with van der Waals surface area (Å²) in [7, 11) is 0. The number of aryl methyl sites for hydroxylation is 5. The van der Waals surface area contributed by atoms with E-state index in [2.05, 4.69) is 92.4 Å². The van der Waals surface area contributed by atoms with Crippen molar-refractivity contribution in [3.63, 3.8) is 0 Å². The van der Waals surface area contributed by atoms with E-state index in [0.29, 0.717) is 6.71 Å². The lowest BCUT2D eigenvalue weighted by molar-refractivity contribution is 0.645. The van der Waals surface area contributed by atoms with Crippen LogP contribution in [0.5, 0.6) is 0 Å². The van der Waals surface area contributed by atoms with Crippen LogP contribution in [-0.4, -0.2) is 6.71 Å². The largest absolute Gasteiger partial charge is 0.311 e. The third-order valence-corrected chi connectivity index (χ3v) is 9.13. The molecular weight excluding hydrogens is 409 g/mol. The molecule has 0 fully saturated rings. The van der Waals surface area contributed by atoms with Crippen molar-refractivity contribution < 1.29 is 0 Å². The van der Waals surface area contributed by atoms with Gasteiger partial charge in [0.15, 0.2) is 0 Å². The van der Waals surface area contributed by atoms with Gasteiger partial charge in [0.25, 0.3) is 0 Å². The molecule has 0 saturated carbocycles. The first-order chi connectivity index (χ1) is 16.5. The zero-order valence-corrected chi connectivity index (χ0v) is 20.2. The van der Waals surface area contributed by atoms with Crippen LogP contribution in [0.2, 0.25) is 0 Å². The molecule has 164 valence electrons. The maximum Gasteiger partial charge on any atom is 0.247 e. The Kier molecular flexibility index (Phi) is 3.51. The zero-order chi connectivity index (χ0) is 22.8. The van der Waals surface area contributed by atoms with Gasteiger partial charge in [-0.25, -0.2) is 0 Å². The molecule has 34 heavy (non-hydrogen) atoms. The van der Waals surface area contributed by atoms with Gasteiger partial charge in [0.1, 0.15) is 0 Å². The van der Waals surface area contributed by atoms with E-state index in [-0.39, 0.29) is 5.41 Å². The molecule has 8 rings (SSSR count). The number of hydrogen-bond acceptors (Lipinski definition) is 1. The standard InChI is InChI=1S/C32H28BN/c1-19-14-26-31-30(15-19)34(24-13-12-20-8-9-21(20)16-24)29-18-23-11-10-22(23)17-28(29)33(31)27-7-5-4-6-25(27)32(26,2)3/h4-7,12-18H,8-11H2,1-3H3. The monoisotopic (exact) mass is 437 g/mol. The van der Waals surface area contributed by atoms with Gasteiger partial charge in [-0.15, -0.1) is 0 Å². The van der Waals surface area contributed by atoms with E-state index in [4.69, 9.17) is 0 Å². The number of benzene rings is 4. The molecule has 4 aromatic carbocycles. The van der Waals surface area contributed by atoms with E-state index in [1.807, 2.05) is 0 Å². The number of hydrogen-bond donors (Lipinski definition) is 0. The van der Waals surface area contributed by atoms with Crippen molar-refractivity contribution in [1.29, 1.82) is 0 Å². The summed E-state index contributed by atoms with van der Waals surface area (Å²) >= 11 is 0. The average molecular weight is 437 g/mol. The van der Waals surface area contributed by atoms with Gasteiger partial charge in [-0.1, -0.05) is 61.8 Å². The first-order valence-corrected chi connectivity index (χ1v) is 12.8. The number of anilines is 3. The number of nitrogens with zero attached hydrogens (tertiary/aromatic N) is 1. The molecule has 0 N–H and O–H groups in total. The first kappa shape index (κ1) is 19.1. The van der Waals surface area contributed by atoms with Gasteiger partial charge in [0.05, 0.1) is 0 Å². The molecule has 0 aromatic heterocycles. The average Bonchev–Trinajstić information content (AvgIpc) is 2.79. The molecule has 2 heterocycles. The van der Waals surface area contributed by atoms with Gasteiger partial charge in [-0.05, 0) is 107 Å². The predicted octanol–water partition coefficient (Wildman–Crippen LogP) is 5.13. The minimum atomic E-state index is -0.0212. The molecule has 2 aliphatic heterocycles. The van der Waals surface area contributed by atoms with Crippen LogP contribution in [0.15, 0.2) is 66.7 Å². The molecule has 2 aliphatic carbocycles. The summed E-state index contributed by atoms with van der Waals surface area (Å²) in [5.74, 6) is 0. The SMILES string of the molecule is Cc1cc2c3c(c1)C(C)(C)c1ccccc1B3c1cc3c(cc1N2c1ccc2c(c1)CC2)CC3. The molecule has 0 radical (unpaired) electrons. The number of rotatable bonds is 1. The summed E-state index contributed by atoms with van der Waals surface area (Å²) in [6.07, 6.45) is 4.87. The summed E-state index contributed by atoms with van der Waals surface area (Å²) in [4.78, 5) is 2.60. The highest BCUT2D eigenvalue weighted by molar-refractivity contribution is 6.99. The van der Waals surface area contributed by atoms with Gasteiger partial charge in [-0.2, -0.15) is 0 Å². The van der Waals surface area contributed by atoms with E-state index in [1.165, 1.54) is 92.5 Å². The van der Waals surface area contributed by atoms with Gasteiger partial charge in [0, 0.05) is 22.5 Å². The normalized spacial score (nSPS) is 17.5. The second-order valence-electron chi connectivity index (χ2n) is 11.4. The Bertz CT molecular complexity index is 1560. The summed E-state index contributed by atoms with van der Waals surface area (Å²) in [6.45, 7) is 7.41. The van der Waals surface area contributed by atoms with Crippen molar-refractivity contribution in [1.82, 2.24) is 0 Å². The Morgan fingerprint density at radius 2 is 1.41 bits per heavy atom. The molecule has 0 saturated heterocycles. The van der Waals surface area contributed by atoms with Crippen LogP contribution in [0, 0.1) is 6.92 Å². The van der Waals surface area contributed by atoms with Crippen molar-refractivity contribution >= 4 is 40.2 Å². The summed E-state index contributed by atoms with van der Waals surface area (Å²) in [6, 6.07) is 26.4. The third-order valence-electron chi connectivity index (χ3n) is 9.13. The van der Waals surface area contributed by atoms with Gasteiger partial charge in [-0.3, -0.25) is 0 Å². The van der Waals surface area contributed by atoms with Gasteiger partial charge in [0.2, 0.25) is 6.71 Å². The predicted molar refractivity (Wildman–Crippen MR) is 144 cm³/mol. The summed E-state index contributed by atoms with van der Waals surface area (Å²) < 4.78 is 0. The van der Waals surface area contributed by atoms with Crippen LogP contribution in [0.4, 0.5) is 17.1 Å². The number of fused-ring (bicyclic) bond motifs is 6. The second kappa shape index (κ2) is 6.24.